The summed E-state index contributed by atoms with van der Waals surface area (Å²) in [5.74, 6) is 0. The molecule has 6 heteroatoms. The van der Waals surface area contributed by atoms with Gasteiger partial charge in [0.25, 0.3) is 0 Å². The Morgan fingerprint density at radius 1 is 1.45 bits per heavy atom. The molecule has 1 atom stereocenters. The van der Waals surface area contributed by atoms with Crippen LogP contribution in [0, 0.1) is 0 Å². The fourth-order valence-corrected chi connectivity index (χ4v) is 3.81. The molecule has 1 fully saturated rings. The molecule has 1 aromatic heterocycles. The van der Waals surface area contributed by atoms with E-state index in [0.29, 0.717) is 6.04 Å². The molecule has 22 heavy (non-hydrogen) atoms. The number of thiazole rings is 1. The lowest BCUT2D eigenvalue weighted by atomic mass is 10.0. The van der Waals surface area contributed by atoms with Gasteiger partial charge in [0.2, 0.25) is 0 Å². The minimum Gasteiger partial charge on any atom is -0.354 e. The Bertz CT molecular complexity index is 628. The van der Waals surface area contributed by atoms with Gasteiger partial charge in [-0.3, -0.25) is 4.90 Å². The molecule has 0 bridgehead atoms. The van der Waals surface area contributed by atoms with Crippen LogP contribution < -0.4 is 10.2 Å². The molecule has 1 aliphatic rings. The molecule has 118 valence electrons. The summed E-state index contributed by atoms with van der Waals surface area (Å²) < 4.78 is 0. The van der Waals surface area contributed by atoms with Crippen molar-refractivity contribution in [3.05, 3.63) is 45.9 Å². The van der Waals surface area contributed by atoms with E-state index in [2.05, 4.69) is 32.2 Å². The van der Waals surface area contributed by atoms with E-state index in [9.17, 15) is 0 Å². The largest absolute Gasteiger partial charge is 0.354 e. The van der Waals surface area contributed by atoms with E-state index in [1.165, 1.54) is 10.4 Å². The summed E-state index contributed by atoms with van der Waals surface area (Å²) in [4.78, 5) is 10.3. The van der Waals surface area contributed by atoms with Gasteiger partial charge >= 0.3 is 0 Å². The third-order valence-corrected chi connectivity index (χ3v) is 5.26. The fourth-order valence-electron chi connectivity index (χ4n) is 2.76. The van der Waals surface area contributed by atoms with Crippen molar-refractivity contribution in [1.29, 1.82) is 0 Å². The number of halogens is 1. The first kappa shape index (κ1) is 15.7. The average Bonchev–Trinajstić information content (AvgIpc) is 2.97. The van der Waals surface area contributed by atoms with Gasteiger partial charge < -0.3 is 10.2 Å². The summed E-state index contributed by atoms with van der Waals surface area (Å²) >= 11 is 7.92. The number of hydrogen-bond acceptors (Lipinski definition) is 5. The molecule has 1 aliphatic heterocycles. The van der Waals surface area contributed by atoms with Gasteiger partial charge in [0.1, 0.15) is 0 Å². The van der Waals surface area contributed by atoms with Crippen LogP contribution in [0.1, 0.15) is 16.5 Å². The normalized spacial score (nSPS) is 19.3. The summed E-state index contributed by atoms with van der Waals surface area (Å²) in [6, 6.07) is 8.55. The maximum atomic E-state index is 6.16. The highest BCUT2D eigenvalue weighted by atomic mass is 35.5. The first-order valence-electron chi connectivity index (χ1n) is 7.46. The second-order valence-electron chi connectivity index (χ2n) is 5.75. The van der Waals surface area contributed by atoms with E-state index >= 15 is 0 Å². The Balaban J connectivity index is 1.77. The van der Waals surface area contributed by atoms with Gasteiger partial charge in [-0.05, 0) is 17.7 Å². The van der Waals surface area contributed by atoms with Crippen molar-refractivity contribution in [3.8, 4) is 0 Å². The maximum absolute atomic E-state index is 6.16. The molecule has 2 aromatic rings. The van der Waals surface area contributed by atoms with E-state index in [-0.39, 0.29) is 0 Å². The van der Waals surface area contributed by atoms with Crippen LogP contribution in [0.25, 0.3) is 0 Å². The number of nitrogens with zero attached hydrogens (tertiary/aromatic N) is 3. The van der Waals surface area contributed by atoms with E-state index in [0.717, 1.165) is 36.3 Å². The van der Waals surface area contributed by atoms with E-state index in [1.807, 2.05) is 32.4 Å². The SMILES string of the molecule is CN(C)c1ncc(CN2CCNCC2c2cccc(Cl)c2)s1. The predicted octanol–water partition coefficient (Wildman–Crippen LogP) is 3.01. The summed E-state index contributed by atoms with van der Waals surface area (Å²) in [5, 5.41) is 5.35. The van der Waals surface area contributed by atoms with Crippen LogP contribution in [0.2, 0.25) is 5.02 Å². The van der Waals surface area contributed by atoms with Crippen molar-refractivity contribution in [2.75, 3.05) is 38.6 Å². The number of piperazine rings is 1. The minimum absolute atomic E-state index is 0.359. The second-order valence-corrected chi connectivity index (χ2v) is 7.28. The van der Waals surface area contributed by atoms with Crippen molar-refractivity contribution >= 4 is 28.1 Å². The molecule has 0 aliphatic carbocycles. The van der Waals surface area contributed by atoms with E-state index in [4.69, 9.17) is 11.6 Å². The summed E-state index contributed by atoms with van der Waals surface area (Å²) in [6.07, 6.45) is 2.00. The van der Waals surface area contributed by atoms with Crippen molar-refractivity contribution < 1.29 is 0 Å². The number of nitrogens with one attached hydrogen (secondary N) is 1. The number of benzene rings is 1. The van der Waals surface area contributed by atoms with Crippen molar-refractivity contribution in [1.82, 2.24) is 15.2 Å². The Morgan fingerprint density at radius 3 is 3.05 bits per heavy atom. The van der Waals surface area contributed by atoms with Crippen LogP contribution in [-0.4, -0.2) is 43.6 Å². The third-order valence-electron chi connectivity index (χ3n) is 3.87. The lowest BCUT2D eigenvalue weighted by Crippen LogP contribution is -2.45. The highest BCUT2D eigenvalue weighted by molar-refractivity contribution is 7.15. The standard InChI is InChI=1S/C16H21ClN4S/c1-20(2)16-19-9-14(22-16)11-21-7-6-18-10-15(21)12-4-3-5-13(17)8-12/h3-5,8-9,15,18H,6-7,10-11H2,1-2H3. The quantitative estimate of drug-likeness (QED) is 0.930. The van der Waals surface area contributed by atoms with Gasteiger partial charge in [0, 0.05) is 62.4 Å². The first-order chi connectivity index (χ1) is 10.6. The smallest absolute Gasteiger partial charge is 0.185 e. The van der Waals surface area contributed by atoms with Crippen molar-refractivity contribution in [2.45, 2.75) is 12.6 Å². The fraction of sp³-hybridized carbons (Fsp3) is 0.438. The van der Waals surface area contributed by atoms with Crippen LogP contribution in [0.4, 0.5) is 5.13 Å². The van der Waals surface area contributed by atoms with E-state index in [1.54, 1.807) is 11.3 Å². The molecular formula is C16H21ClN4S. The van der Waals surface area contributed by atoms with E-state index < -0.39 is 0 Å². The summed E-state index contributed by atoms with van der Waals surface area (Å²) in [5.41, 5.74) is 1.28. The van der Waals surface area contributed by atoms with Gasteiger partial charge in [0.15, 0.2) is 5.13 Å². The van der Waals surface area contributed by atoms with Gasteiger partial charge in [-0.1, -0.05) is 23.7 Å². The molecule has 1 N–H and O–H groups in total. The molecule has 1 unspecified atom stereocenters. The lowest BCUT2D eigenvalue weighted by molar-refractivity contribution is 0.155. The third kappa shape index (κ3) is 3.60. The monoisotopic (exact) mass is 336 g/mol. The summed E-state index contributed by atoms with van der Waals surface area (Å²) in [6.45, 7) is 3.95. The highest BCUT2D eigenvalue weighted by Gasteiger charge is 2.24. The minimum atomic E-state index is 0.359. The Morgan fingerprint density at radius 2 is 2.32 bits per heavy atom. The van der Waals surface area contributed by atoms with Gasteiger partial charge in [-0.15, -0.1) is 11.3 Å². The molecule has 2 heterocycles. The van der Waals surface area contributed by atoms with Crippen LogP contribution in [0.15, 0.2) is 30.5 Å². The number of hydrogen-bond donors (Lipinski definition) is 1. The molecule has 0 saturated carbocycles. The Labute approximate surface area is 140 Å². The zero-order valence-electron chi connectivity index (χ0n) is 12.9. The Hall–Kier alpha value is -1.14. The topological polar surface area (TPSA) is 31.4 Å². The average molecular weight is 337 g/mol. The van der Waals surface area contributed by atoms with Crippen LogP contribution >= 0.6 is 22.9 Å². The molecule has 1 aromatic carbocycles. The molecular weight excluding hydrogens is 316 g/mol. The van der Waals surface area contributed by atoms with Crippen LogP contribution in [-0.2, 0) is 6.54 Å². The van der Waals surface area contributed by atoms with Gasteiger partial charge in [-0.25, -0.2) is 4.98 Å². The molecule has 3 rings (SSSR count). The number of anilines is 1. The molecule has 4 nitrogen and oxygen atoms in total. The van der Waals surface area contributed by atoms with Gasteiger partial charge in [-0.2, -0.15) is 0 Å². The Kier molecular flexibility index (Phi) is 4.98. The zero-order chi connectivity index (χ0) is 15.5. The van der Waals surface area contributed by atoms with Crippen molar-refractivity contribution in [2.24, 2.45) is 0 Å². The molecule has 0 amide bonds. The summed E-state index contributed by atoms with van der Waals surface area (Å²) in [7, 11) is 4.06. The maximum Gasteiger partial charge on any atom is 0.185 e. The number of aromatic nitrogens is 1. The predicted molar refractivity (Wildman–Crippen MR) is 93.9 cm³/mol. The van der Waals surface area contributed by atoms with Gasteiger partial charge in [0.05, 0.1) is 0 Å². The molecule has 0 spiro atoms. The highest BCUT2D eigenvalue weighted by Crippen LogP contribution is 2.28. The number of rotatable bonds is 4. The first-order valence-corrected chi connectivity index (χ1v) is 8.65. The molecule has 0 radical (unpaired) electrons. The second kappa shape index (κ2) is 6.96. The lowest BCUT2D eigenvalue weighted by Gasteiger charge is -2.36. The molecule has 1 saturated heterocycles. The van der Waals surface area contributed by atoms with Crippen LogP contribution in [0.3, 0.4) is 0 Å². The van der Waals surface area contributed by atoms with Crippen molar-refractivity contribution in [3.63, 3.8) is 0 Å². The zero-order valence-corrected chi connectivity index (χ0v) is 14.5. The van der Waals surface area contributed by atoms with Crippen LogP contribution in [0.5, 0.6) is 0 Å².